The van der Waals surface area contributed by atoms with Gasteiger partial charge in [0.15, 0.2) is 0 Å². The Labute approximate surface area is 122 Å². The molecule has 0 spiro atoms. The fraction of sp³-hybridized carbons (Fsp3) is 0.176. The first kappa shape index (κ1) is 13.4. The highest BCUT2D eigenvalue weighted by atomic mass is 16.2. The number of rotatable bonds is 3. The molecule has 1 N–H and O–H groups in total. The summed E-state index contributed by atoms with van der Waals surface area (Å²) in [6, 6.07) is 9.75. The van der Waals surface area contributed by atoms with Crippen molar-refractivity contribution in [2.45, 2.75) is 13.0 Å². The Morgan fingerprint density at radius 1 is 1.29 bits per heavy atom. The summed E-state index contributed by atoms with van der Waals surface area (Å²) in [7, 11) is 1.68. The molecule has 0 unspecified atom stereocenters. The molecule has 0 radical (unpaired) electrons. The molecule has 4 nitrogen and oxygen atoms in total. The van der Waals surface area contributed by atoms with Crippen molar-refractivity contribution >= 4 is 12.0 Å². The van der Waals surface area contributed by atoms with Crippen LogP contribution in [0.2, 0.25) is 0 Å². The molecular formula is C17H16N2O2. The van der Waals surface area contributed by atoms with E-state index in [2.05, 4.69) is 5.32 Å². The second-order valence-corrected chi connectivity index (χ2v) is 5.13. The van der Waals surface area contributed by atoms with Gasteiger partial charge in [-0.1, -0.05) is 42.5 Å². The van der Waals surface area contributed by atoms with E-state index in [0.29, 0.717) is 24.1 Å². The molecule has 0 bridgehead atoms. The summed E-state index contributed by atoms with van der Waals surface area (Å²) in [6.07, 6.45) is 5.98. The van der Waals surface area contributed by atoms with Gasteiger partial charge in [0.05, 0.1) is 5.56 Å². The standard InChI is InChI=1S/C17H16N2O2/c1-19-11-15(13-8-5-9-14(13)17(19)21)16(20)18-10-12-6-3-2-4-7-12/h2-8,11H,9-10H2,1H3,(H,18,20). The highest BCUT2D eigenvalue weighted by Crippen LogP contribution is 2.20. The predicted molar refractivity (Wildman–Crippen MR) is 82.0 cm³/mol. The summed E-state index contributed by atoms with van der Waals surface area (Å²) in [5, 5.41) is 2.90. The van der Waals surface area contributed by atoms with Gasteiger partial charge in [-0.2, -0.15) is 0 Å². The number of hydrogen-bond donors (Lipinski definition) is 1. The zero-order chi connectivity index (χ0) is 14.8. The Balaban J connectivity index is 1.86. The van der Waals surface area contributed by atoms with Crippen LogP contribution in [0, 0.1) is 0 Å². The highest BCUT2D eigenvalue weighted by molar-refractivity contribution is 5.98. The molecule has 1 aromatic carbocycles. The largest absolute Gasteiger partial charge is 0.348 e. The normalized spacial score (nSPS) is 12.2. The number of fused-ring (bicyclic) bond motifs is 1. The molecule has 21 heavy (non-hydrogen) atoms. The van der Waals surface area contributed by atoms with E-state index in [1.807, 2.05) is 42.5 Å². The van der Waals surface area contributed by atoms with Gasteiger partial charge in [0, 0.05) is 25.4 Å². The van der Waals surface area contributed by atoms with E-state index in [-0.39, 0.29) is 11.5 Å². The van der Waals surface area contributed by atoms with Gasteiger partial charge < -0.3 is 9.88 Å². The third-order valence-corrected chi connectivity index (χ3v) is 3.66. The maximum Gasteiger partial charge on any atom is 0.254 e. The van der Waals surface area contributed by atoms with E-state index < -0.39 is 0 Å². The summed E-state index contributed by atoms with van der Waals surface area (Å²) >= 11 is 0. The Bertz CT molecular complexity index is 773. The van der Waals surface area contributed by atoms with Gasteiger partial charge in [-0.3, -0.25) is 9.59 Å². The van der Waals surface area contributed by atoms with E-state index in [4.69, 9.17) is 0 Å². The van der Waals surface area contributed by atoms with Crippen LogP contribution >= 0.6 is 0 Å². The topological polar surface area (TPSA) is 51.1 Å². The lowest BCUT2D eigenvalue weighted by molar-refractivity contribution is 0.0950. The second-order valence-electron chi connectivity index (χ2n) is 5.13. The monoisotopic (exact) mass is 280 g/mol. The molecule has 0 saturated heterocycles. The van der Waals surface area contributed by atoms with Crippen LogP contribution in [0.1, 0.15) is 27.0 Å². The number of allylic oxidation sites excluding steroid dienone is 1. The van der Waals surface area contributed by atoms with Crippen LogP contribution < -0.4 is 10.9 Å². The predicted octanol–water partition coefficient (Wildman–Crippen LogP) is 1.88. The summed E-state index contributed by atoms with van der Waals surface area (Å²) < 4.78 is 1.48. The lowest BCUT2D eigenvalue weighted by atomic mass is 10.1. The van der Waals surface area contributed by atoms with Crippen molar-refractivity contribution in [1.82, 2.24) is 9.88 Å². The molecule has 4 heteroatoms. The number of nitrogens with one attached hydrogen (secondary N) is 1. The first-order valence-electron chi connectivity index (χ1n) is 6.88. The van der Waals surface area contributed by atoms with Gasteiger partial charge in [0.25, 0.3) is 11.5 Å². The Morgan fingerprint density at radius 2 is 2.05 bits per heavy atom. The molecule has 0 aliphatic heterocycles. The molecule has 0 fully saturated rings. The number of amides is 1. The minimum absolute atomic E-state index is 0.0328. The molecule has 3 rings (SSSR count). The van der Waals surface area contributed by atoms with Crippen molar-refractivity contribution in [3.8, 4) is 0 Å². The van der Waals surface area contributed by atoms with Crippen LogP contribution in [-0.2, 0) is 20.0 Å². The van der Waals surface area contributed by atoms with Crippen LogP contribution in [0.25, 0.3) is 6.08 Å². The quantitative estimate of drug-likeness (QED) is 0.933. The van der Waals surface area contributed by atoms with Gasteiger partial charge in [-0.25, -0.2) is 0 Å². The van der Waals surface area contributed by atoms with Crippen LogP contribution in [-0.4, -0.2) is 10.5 Å². The smallest absolute Gasteiger partial charge is 0.254 e. The van der Waals surface area contributed by atoms with Gasteiger partial charge in [-0.15, -0.1) is 0 Å². The molecule has 1 amide bonds. The minimum Gasteiger partial charge on any atom is -0.348 e. The minimum atomic E-state index is -0.155. The van der Waals surface area contributed by atoms with E-state index >= 15 is 0 Å². The summed E-state index contributed by atoms with van der Waals surface area (Å²) in [5.41, 5.74) is 3.02. The van der Waals surface area contributed by atoms with Crippen molar-refractivity contribution < 1.29 is 4.79 Å². The van der Waals surface area contributed by atoms with Crippen molar-refractivity contribution in [1.29, 1.82) is 0 Å². The zero-order valence-electron chi connectivity index (χ0n) is 11.8. The molecule has 1 heterocycles. The molecule has 1 aromatic heterocycles. The molecular weight excluding hydrogens is 264 g/mol. The fourth-order valence-electron chi connectivity index (χ4n) is 2.55. The van der Waals surface area contributed by atoms with Crippen LogP contribution in [0.4, 0.5) is 0 Å². The van der Waals surface area contributed by atoms with E-state index in [1.54, 1.807) is 13.2 Å². The Morgan fingerprint density at radius 3 is 2.81 bits per heavy atom. The average Bonchev–Trinajstić information content (AvgIpc) is 2.99. The fourth-order valence-corrected chi connectivity index (χ4v) is 2.55. The summed E-state index contributed by atoms with van der Waals surface area (Å²) in [6.45, 7) is 0.473. The van der Waals surface area contributed by atoms with Crippen LogP contribution in [0.3, 0.4) is 0 Å². The summed E-state index contributed by atoms with van der Waals surface area (Å²) in [4.78, 5) is 24.4. The second kappa shape index (κ2) is 5.40. The lowest BCUT2D eigenvalue weighted by Crippen LogP contribution is -2.28. The number of benzene rings is 1. The average molecular weight is 280 g/mol. The maximum atomic E-state index is 12.4. The van der Waals surface area contributed by atoms with Gasteiger partial charge in [0.2, 0.25) is 0 Å². The lowest BCUT2D eigenvalue weighted by Gasteiger charge is -2.11. The molecule has 2 aromatic rings. The van der Waals surface area contributed by atoms with Gasteiger partial charge in [-0.05, 0) is 17.5 Å². The van der Waals surface area contributed by atoms with Crippen LogP contribution in [0.15, 0.2) is 47.4 Å². The van der Waals surface area contributed by atoms with Crippen molar-refractivity contribution in [2.75, 3.05) is 0 Å². The SMILES string of the molecule is Cn1cc(C(=O)NCc2ccccc2)c2c(c1=O)CC=C2. The molecule has 0 atom stereocenters. The number of carbonyl (C=O) groups is 1. The Hall–Kier alpha value is -2.62. The van der Waals surface area contributed by atoms with Gasteiger partial charge in [0.1, 0.15) is 0 Å². The van der Waals surface area contributed by atoms with Crippen molar-refractivity contribution in [3.63, 3.8) is 0 Å². The van der Waals surface area contributed by atoms with Crippen molar-refractivity contribution in [3.05, 3.63) is 75.2 Å². The van der Waals surface area contributed by atoms with Crippen molar-refractivity contribution in [2.24, 2.45) is 7.05 Å². The zero-order valence-corrected chi connectivity index (χ0v) is 11.8. The highest BCUT2D eigenvalue weighted by Gasteiger charge is 2.19. The number of aryl methyl sites for hydroxylation is 1. The molecule has 1 aliphatic carbocycles. The summed E-state index contributed by atoms with van der Waals surface area (Å²) in [5.74, 6) is -0.155. The number of carbonyl (C=O) groups excluding carboxylic acids is 1. The first-order chi connectivity index (χ1) is 10.2. The number of aromatic nitrogens is 1. The first-order valence-corrected chi connectivity index (χ1v) is 6.88. The molecule has 0 saturated carbocycles. The number of nitrogens with zero attached hydrogens (tertiary/aromatic N) is 1. The number of pyridine rings is 1. The third kappa shape index (κ3) is 2.52. The number of hydrogen-bond acceptors (Lipinski definition) is 2. The van der Waals surface area contributed by atoms with E-state index in [1.165, 1.54) is 4.57 Å². The Kier molecular flexibility index (Phi) is 3.44. The van der Waals surface area contributed by atoms with Crippen LogP contribution in [0.5, 0.6) is 0 Å². The maximum absolute atomic E-state index is 12.4. The van der Waals surface area contributed by atoms with Gasteiger partial charge >= 0.3 is 0 Å². The molecule has 106 valence electrons. The third-order valence-electron chi connectivity index (χ3n) is 3.66. The van der Waals surface area contributed by atoms with E-state index in [9.17, 15) is 9.59 Å². The van der Waals surface area contributed by atoms with E-state index in [0.717, 1.165) is 11.1 Å². The molecule has 1 aliphatic rings.